The number of hydrogen-bond acceptors (Lipinski definition) is 3. The summed E-state index contributed by atoms with van der Waals surface area (Å²) in [4.78, 5) is 14.5. The number of likely N-dealkylation sites (tertiary alicyclic amines) is 1. The van der Waals surface area contributed by atoms with Gasteiger partial charge in [0.25, 0.3) is 0 Å². The Bertz CT molecular complexity index is 507. The van der Waals surface area contributed by atoms with Crippen molar-refractivity contribution in [2.75, 3.05) is 26.2 Å². The van der Waals surface area contributed by atoms with Crippen molar-refractivity contribution in [3.05, 3.63) is 35.9 Å². The average molecular weight is 352 g/mol. The van der Waals surface area contributed by atoms with E-state index in [4.69, 9.17) is 0 Å². The van der Waals surface area contributed by atoms with Crippen molar-refractivity contribution in [2.24, 2.45) is 11.8 Å². The first-order chi connectivity index (χ1) is 11.2. The Hall–Kier alpha value is -1.10. The second-order valence-corrected chi connectivity index (χ2v) is 7.20. The maximum atomic E-state index is 12.0. The topological polar surface area (TPSA) is 44.4 Å². The van der Waals surface area contributed by atoms with Crippen LogP contribution in [0.25, 0.3) is 0 Å². The molecule has 3 rings (SSSR count). The van der Waals surface area contributed by atoms with Crippen LogP contribution in [0, 0.1) is 11.8 Å². The first-order valence-corrected chi connectivity index (χ1v) is 8.97. The fourth-order valence-corrected chi connectivity index (χ4v) is 3.39. The van der Waals surface area contributed by atoms with E-state index >= 15 is 0 Å². The fourth-order valence-electron chi connectivity index (χ4n) is 3.39. The number of nitrogens with one attached hydrogen (secondary N) is 2. The molecule has 2 N–H and O–H groups in total. The molecule has 1 saturated heterocycles. The molecule has 4 nitrogen and oxygen atoms in total. The largest absolute Gasteiger partial charge is 0.352 e. The SMILES string of the molecule is CC(NC(=O)CNCC1CC1)C1CCN(Cc2ccccc2)C1.Cl. The van der Waals surface area contributed by atoms with Gasteiger partial charge < -0.3 is 10.6 Å². The van der Waals surface area contributed by atoms with Gasteiger partial charge in [0.15, 0.2) is 0 Å². The van der Waals surface area contributed by atoms with Crippen LogP contribution >= 0.6 is 12.4 Å². The van der Waals surface area contributed by atoms with Crippen LogP contribution in [0.15, 0.2) is 30.3 Å². The van der Waals surface area contributed by atoms with Gasteiger partial charge in [-0.25, -0.2) is 0 Å². The van der Waals surface area contributed by atoms with E-state index in [0.717, 1.165) is 32.1 Å². The van der Waals surface area contributed by atoms with Crippen molar-refractivity contribution >= 4 is 18.3 Å². The Kier molecular flexibility index (Phi) is 7.53. The molecule has 2 atom stereocenters. The normalized spacial score (nSPS) is 22.0. The minimum atomic E-state index is 0. The zero-order chi connectivity index (χ0) is 16.1. The average Bonchev–Trinajstić information content (AvgIpc) is 3.25. The van der Waals surface area contributed by atoms with E-state index in [1.807, 2.05) is 0 Å². The summed E-state index contributed by atoms with van der Waals surface area (Å²) >= 11 is 0. The van der Waals surface area contributed by atoms with Crippen LogP contribution in [0.4, 0.5) is 0 Å². The number of hydrogen-bond donors (Lipinski definition) is 2. The van der Waals surface area contributed by atoms with Crippen molar-refractivity contribution in [1.29, 1.82) is 0 Å². The second kappa shape index (κ2) is 9.40. The van der Waals surface area contributed by atoms with Crippen molar-refractivity contribution < 1.29 is 4.79 Å². The number of carbonyl (C=O) groups is 1. The van der Waals surface area contributed by atoms with Gasteiger partial charge in [0.1, 0.15) is 0 Å². The Labute approximate surface area is 151 Å². The molecule has 1 aromatic carbocycles. The van der Waals surface area contributed by atoms with Crippen molar-refractivity contribution in [2.45, 2.75) is 38.8 Å². The van der Waals surface area contributed by atoms with Gasteiger partial charge in [0, 0.05) is 19.1 Å². The smallest absolute Gasteiger partial charge is 0.234 e. The van der Waals surface area contributed by atoms with E-state index < -0.39 is 0 Å². The molecule has 24 heavy (non-hydrogen) atoms. The van der Waals surface area contributed by atoms with Crippen LogP contribution in [-0.4, -0.2) is 43.0 Å². The molecule has 1 aliphatic heterocycles. The van der Waals surface area contributed by atoms with Gasteiger partial charge in [-0.3, -0.25) is 9.69 Å². The van der Waals surface area contributed by atoms with E-state index in [9.17, 15) is 4.79 Å². The highest BCUT2D eigenvalue weighted by molar-refractivity contribution is 5.85. The third-order valence-electron chi connectivity index (χ3n) is 5.07. The first kappa shape index (κ1) is 19.2. The van der Waals surface area contributed by atoms with Gasteiger partial charge in [-0.15, -0.1) is 12.4 Å². The minimum Gasteiger partial charge on any atom is -0.352 e. The lowest BCUT2D eigenvalue weighted by atomic mass is 10.0. The van der Waals surface area contributed by atoms with Gasteiger partial charge in [-0.1, -0.05) is 30.3 Å². The first-order valence-electron chi connectivity index (χ1n) is 8.97. The Balaban J connectivity index is 0.00000208. The number of nitrogens with zero attached hydrogens (tertiary/aromatic N) is 1. The van der Waals surface area contributed by atoms with Gasteiger partial charge in [-0.2, -0.15) is 0 Å². The lowest BCUT2D eigenvalue weighted by Gasteiger charge is -2.22. The third-order valence-corrected chi connectivity index (χ3v) is 5.07. The molecule has 1 amide bonds. The zero-order valence-corrected chi connectivity index (χ0v) is 15.4. The highest BCUT2D eigenvalue weighted by Crippen LogP contribution is 2.27. The van der Waals surface area contributed by atoms with Gasteiger partial charge in [-0.05, 0) is 56.7 Å². The van der Waals surface area contributed by atoms with Gasteiger partial charge in [0.05, 0.1) is 6.54 Å². The number of carbonyl (C=O) groups excluding carboxylic acids is 1. The number of halogens is 1. The Morgan fingerprint density at radius 2 is 2.00 bits per heavy atom. The molecule has 1 heterocycles. The van der Waals surface area contributed by atoms with E-state index in [-0.39, 0.29) is 24.4 Å². The lowest BCUT2D eigenvalue weighted by molar-refractivity contribution is -0.121. The summed E-state index contributed by atoms with van der Waals surface area (Å²) in [5.74, 6) is 1.52. The molecular formula is C19H30ClN3O. The maximum absolute atomic E-state index is 12.0. The van der Waals surface area contributed by atoms with E-state index in [0.29, 0.717) is 12.5 Å². The minimum absolute atomic E-state index is 0. The predicted octanol–water partition coefficient (Wildman–Crippen LogP) is 2.43. The molecule has 0 bridgehead atoms. The van der Waals surface area contributed by atoms with E-state index in [1.165, 1.54) is 24.8 Å². The summed E-state index contributed by atoms with van der Waals surface area (Å²) in [5, 5.41) is 6.43. The monoisotopic (exact) mass is 351 g/mol. The summed E-state index contributed by atoms with van der Waals surface area (Å²) in [6, 6.07) is 10.9. The van der Waals surface area contributed by atoms with Gasteiger partial charge >= 0.3 is 0 Å². The van der Waals surface area contributed by atoms with Crippen molar-refractivity contribution in [3.8, 4) is 0 Å². The summed E-state index contributed by atoms with van der Waals surface area (Å²) < 4.78 is 0. The molecule has 0 radical (unpaired) electrons. The number of benzene rings is 1. The van der Waals surface area contributed by atoms with Crippen molar-refractivity contribution in [1.82, 2.24) is 15.5 Å². The predicted molar refractivity (Wildman–Crippen MR) is 100 cm³/mol. The molecule has 1 aromatic rings. The van der Waals surface area contributed by atoms with Crippen LogP contribution in [-0.2, 0) is 11.3 Å². The molecule has 1 saturated carbocycles. The van der Waals surface area contributed by atoms with E-state index in [1.54, 1.807) is 0 Å². The summed E-state index contributed by atoms with van der Waals surface area (Å²) in [6.07, 6.45) is 3.82. The molecule has 2 unspecified atom stereocenters. The lowest BCUT2D eigenvalue weighted by Crippen LogP contribution is -2.43. The summed E-state index contributed by atoms with van der Waals surface area (Å²) in [7, 11) is 0. The molecule has 134 valence electrons. The molecule has 0 aromatic heterocycles. The van der Waals surface area contributed by atoms with Crippen LogP contribution < -0.4 is 10.6 Å². The van der Waals surface area contributed by atoms with Crippen LogP contribution in [0.2, 0.25) is 0 Å². The number of amides is 1. The van der Waals surface area contributed by atoms with E-state index in [2.05, 4.69) is 52.8 Å². The molecule has 0 spiro atoms. The fraction of sp³-hybridized carbons (Fsp3) is 0.632. The standard InChI is InChI=1S/C19H29N3O.ClH/c1-15(21-19(23)12-20-11-16-7-8-16)18-9-10-22(14-18)13-17-5-3-2-4-6-17;/h2-6,15-16,18,20H,7-14H2,1H3,(H,21,23);1H. The zero-order valence-electron chi connectivity index (χ0n) is 14.5. The third kappa shape index (κ3) is 6.08. The molecule has 1 aliphatic carbocycles. The van der Waals surface area contributed by atoms with Crippen LogP contribution in [0.5, 0.6) is 0 Å². The second-order valence-electron chi connectivity index (χ2n) is 7.20. The van der Waals surface area contributed by atoms with Crippen LogP contribution in [0.3, 0.4) is 0 Å². The molecule has 2 aliphatic rings. The molecule has 5 heteroatoms. The van der Waals surface area contributed by atoms with Crippen LogP contribution in [0.1, 0.15) is 31.7 Å². The molecule has 2 fully saturated rings. The molecular weight excluding hydrogens is 322 g/mol. The quantitative estimate of drug-likeness (QED) is 0.756. The Morgan fingerprint density at radius 3 is 2.71 bits per heavy atom. The summed E-state index contributed by atoms with van der Waals surface area (Å²) in [6.45, 7) is 6.82. The highest BCUT2D eigenvalue weighted by Gasteiger charge is 2.28. The van der Waals surface area contributed by atoms with Crippen molar-refractivity contribution in [3.63, 3.8) is 0 Å². The number of rotatable bonds is 8. The van der Waals surface area contributed by atoms with Gasteiger partial charge in [0.2, 0.25) is 5.91 Å². The Morgan fingerprint density at radius 1 is 1.25 bits per heavy atom. The highest BCUT2D eigenvalue weighted by atomic mass is 35.5. The maximum Gasteiger partial charge on any atom is 0.234 e. The summed E-state index contributed by atoms with van der Waals surface area (Å²) in [5.41, 5.74) is 1.37.